The fourth-order valence-corrected chi connectivity index (χ4v) is 2.46. The Labute approximate surface area is 155 Å². The molecule has 0 aliphatic rings. The lowest BCUT2D eigenvalue weighted by molar-refractivity contribution is -0.124. The minimum absolute atomic E-state index is 0.0211. The van der Waals surface area contributed by atoms with Gasteiger partial charge >= 0.3 is 5.97 Å². The molecule has 1 amide bonds. The summed E-state index contributed by atoms with van der Waals surface area (Å²) < 4.78 is 18.5. The minimum atomic E-state index is -0.641. The first-order chi connectivity index (χ1) is 12.9. The van der Waals surface area contributed by atoms with Crippen molar-refractivity contribution in [2.45, 2.75) is 20.4 Å². The number of nitrogens with one attached hydrogen (secondary N) is 1. The molecule has 27 heavy (non-hydrogen) atoms. The lowest BCUT2D eigenvalue weighted by atomic mass is 10.2. The standard InChI is InChI=1S/C20H18FN3O3/c1-12-13(2)24-18-9-14(7-8-17(18)23-12)20(26)27-11-19(25)22-10-15-5-3-4-6-16(15)21/h3-9H,10-11H2,1-2H3,(H,22,25). The SMILES string of the molecule is Cc1nc2ccc(C(=O)OCC(=O)NCc3ccccc3F)cc2nc1C. The van der Waals surface area contributed by atoms with E-state index in [-0.39, 0.29) is 12.1 Å². The van der Waals surface area contributed by atoms with Crippen LogP contribution in [0.25, 0.3) is 11.0 Å². The number of ether oxygens (including phenoxy) is 1. The van der Waals surface area contributed by atoms with Crippen molar-refractivity contribution in [3.8, 4) is 0 Å². The van der Waals surface area contributed by atoms with Crippen molar-refractivity contribution in [2.24, 2.45) is 0 Å². The van der Waals surface area contributed by atoms with Gasteiger partial charge in [0.1, 0.15) is 5.82 Å². The molecule has 0 saturated heterocycles. The summed E-state index contributed by atoms with van der Waals surface area (Å²) in [7, 11) is 0. The van der Waals surface area contributed by atoms with Crippen LogP contribution >= 0.6 is 0 Å². The highest BCUT2D eigenvalue weighted by atomic mass is 19.1. The van der Waals surface area contributed by atoms with Gasteiger partial charge in [-0.15, -0.1) is 0 Å². The van der Waals surface area contributed by atoms with Gasteiger partial charge in [0.2, 0.25) is 0 Å². The number of benzene rings is 2. The average molecular weight is 367 g/mol. The quantitative estimate of drug-likeness (QED) is 0.702. The summed E-state index contributed by atoms with van der Waals surface area (Å²) >= 11 is 0. The maximum atomic E-state index is 13.5. The number of fused-ring (bicyclic) bond motifs is 1. The molecule has 3 aromatic rings. The van der Waals surface area contributed by atoms with E-state index in [4.69, 9.17) is 4.74 Å². The lowest BCUT2D eigenvalue weighted by Crippen LogP contribution is -2.28. The van der Waals surface area contributed by atoms with Gasteiger partial charge in [0.25, 0.3) is 5.91 Å². The minimum Gasteiger partial charge on any atom is -0.452 e. The van der Waals surface area contributed by atoms with Crippen molar-refractivity contribution < 1.29 is 18.7 Å². The van der Waals surface area contributed by atoms with E-state index < -0.39 is 24.3 Å². The van der Waals surface area contributed by atoms with Crippen molar-refractivity contribution in [1.82, 2.24) is 15.3 Å². The summed E-state index contributed by atoms with van der Waals surface area (Å²) in [5.74, 6) is -1.56. The molecule has 2 aromatic carbocycles. The van der Waals surface area contributed by atoms with Gasteiger partial charge < -0.3 is 10.1 Å². The number of aromatic nitrogens is 2. The van der Waals surface area contributed by atoms with Crippen molar-refractivity contribution in [2.75, 3.05) is 6.61 Å². The van der Waals surface area contributed by atoms with Gasteiger partial charge in [-0.05, 0) is 38.1 Å². The second kappa shape index (κ2) is 7.90. The van der Waals surface area contributed by atoms with Crippen LogP contribution in [0.5, 0.6) is 0 Å². The number of halogens is 1. The zero-order valence-electron chi connectivity index (χ0n) is 15.0. The molecule has 0 aliphatic heterocycles. The van der Waals surface area contributed by atoms with E-state index in [1.54, 1.807) is 36.4 Å². The molecular weight excluding hydrogens is 349 g/mol. The number of carbonyl (C=O) groups is 2. The molecule has 1 heterocycles. The third-order valence-electron chi connectivity index (χ3n) is 4.08. The van der Waals surface area contributed by atoms with Crippen LogP contribution in [-0.4, -0.2) is 28.5 Å². The number of hydrogen-bond donors (Lipinski definition) is 1. The number of aryl methyl sites for hydroxylation is 2. The molecule has 0 radical (unpaired) electrons. The molecule has 138 valence electrons. The topological polar surface area (TPSA) is 81.2 Å². The first-order valence-electron chi connectivity index (χ1n) is 8.36. The molecule has 0 saturated carbocycles. The first kappa shape index (κ1) is 18.4. The van der Waals surface area contributed by atoms with Crippen LogP contribution in [0, 0.1) is 19.7 Å². The van der Waals surface area contributed by atoms with Crippen LogP contribution in [0.2, 0.25) is 0 Å². The fraction of sp³-hybridized carbons (Fsp3) is 0.200. The predicted molar refractivity (Wildman–Crippen MR) is 97.5 cm³/mol. The molecule has 0 aliphatic carbocycles. The average Bonchev–Trinajstić information content (AvgIpc) is 2.66. The number of amides is 1. The van der Waals surface area contributed by atoms with E-state index >= 15 is 0 Å². The smallest absolute Gasteiger partial charge is 0.338 e. The van der Waals surface area contributed by atoms with E-state index in [9.17, 15) is 14.0 Å². The summed E-state index contributed by atoms with van der Waals surface area (Å²) in [5, 5.41) is 2.51. The number of rotatable bonds is 5. The Morgan fingerprint density at radius 1 is 1.04 bits per heavy atom. The van der Waals surface area contributed by atoms with Gasteiger partial charge in [-0.3, -0.25) is 4.79 Å². The van der Waals surface area contributed by atoms with Gasteiger partial charge in [0, 0.05) is 12.1 Å². The normalized spacial score (nSPS) is 10.6. The third kappa shape index (κ3) is 4.44. The summed E-state index contributed by atoms with van der Waals surface area (Å²) in [5.41, 5.74) is 3.50. The zero-order chi connectivity index (χ0) is 19.4. The molecule has 1 N–H and O–H groups in total. The van der Waals surface area contributed by atoms with Crippen LogP contribution < -0.4 is 5.32 Å². The van der Waals surface area contributed by atoms with Crippen molar-refractivity contribution in [3.63, 3.8) is 0 Å². The second-order valence-corrected chi connectivity index (χ2v) is 6.04. The summed E-state index contributed by atoms with van der Waals surface area (Å²) in [4.78, 5) is 32.8. The van der Waals surface area contributed by atoms with E-state index in [0.717, 1.165) is 11.4 Å². The number of nitrogens with zero attached hydrogens (tertiary/aromatic N) is 2. The fourth-order valence-electron chi connectivity index (χ4n) is 2.46. The highest BCUT2D eigenvalue weighted by Crippen LogP contribution is 2.15. The number of hydrogen-bond acceptors (Lipinski definition) is 5. The van der Waals surface area contributed by atoms with Crippen LogP contribution in [0.3, 0.4) is 0 Å². The highest BCUT2D eigenvalue weighted by molar-refractivity contribution is 5.94. The van der Waals surface area contributed by atoms with Crippen molar-refractivity contribution >= 4 is 22.9 Å². The van der Waals surface area contributed by atoms with Gasteiger partial charge in [-0.1, -0.05) is 18.2 Å². The Kier molecular flexibility index (Phi) is 5.40. The number of carbonyl (C=O) groups excluding carboxylic acids is 2. The van der Waals surface area contributed by atoms with Crippen LogP contribution in [0.15, 0.2) is 42.5 Å². The predicted octanol–water partition coefficient (Wildman–Crippen LogP) is 2.86. The van der Waals surface area contributed by atoms with Gasteiger partial charge in [-0.2, -0.15) is 0 Å². The molecule has 3 rings (SSSR count). The van der Waals surface area contributed by atoms with Crippen LogP contribution in [0.1, 0.15) is 27.3 Å². The summed E-state index contributed by atoms with van der Waals surface area (Å²) in [6.07, 6.45) is 0. The van der Waals surface area contributed by atoms with Gasteiger partial charge in [0.15, 0.2) is 6.61 Å². The third-order valence-corrected chi connectivity index (χ3v) is 4.08. The summed E-state index contributed by atoms with van der Waals surface area (Å²) in [6, 6.07) is 11.0. The maximum absolute atomic E-state index is 13.5. The van der Waals surface area contributed by atoms with E-state index in [1.165, 1.54) is 6.07 Å². The monoisotopic (exact) mass is 367 g/mol. The van der Waals surface area contributed by atoms with Crippen molar-refractivity contribution in [3.05, 3.63) is 70.8 Å². The maximum Gasteiger partial charge on any atom is 0.338 e. The highest BCUT2D eigenvalue weighted by Gasteiger charge is 2.12. The van der Waals surface area contributed by atoms with E-state index in [1.807, 2.05) is 13.8 Å². The first-order valence-corrected chi connectivity index (χ1v) is 8.36. The molecule has 0 atom stereocenters. The molecule has 0 bridgehead atoms. The van der Waals surface area contributed by atoms with Crippen LogP contribution in [0.4, 0.5) is 4.39 Å². The molecule has 0 spiro atoms. The zero-order valence-corrected chi connectivity index (χ0v) is 15.0. The van der Waals surface area contributed by atoms with Crippen LogP contribution in [-0.2, 0) is 16.1 Å². The Bertz CT molecular complexity index is 1020. The van der Waals surface area contributed by atoms with E-state index in [0.29, 0.717) is 16.6 Å². The molecule has 6 nitrogen and oxygen atoms in total. The summed E-state index contributed by atoms with van der Waals surface area (Å²) in [6.45, 7) is 3.27. The largest absolute Gasteiger partial charge is 0.452 e. The second-order valence-electron chi connectivity index (χ2n) is 6.04. The lowest BCUT2D eigenvalue weighted by Gasteiger charge is -2.08. The molecule has 0 unspecified atom stereocenters. The Morgan fingerprint density at radius 3 is 2.48 bits per heavy atom. The number of esters is 1. The molecule has 1 aromatic heterocycles. The molecule has 0 fully saturated rings. The van der Waals surface area contributed by atoms with Gasteiger partial charge in [-0.25, -0.2) is 19.2 Å². The Morgan fingerprint density at radius 2 is 1.74 bits per heavy atom. The molecular formula is C20H18FN3O3. The van der Waals surface area contributed by atoms with E-state index in [2.05, 4.69) is 15.3 Å². The Balaban J connectivity index is 1.58. The van der Waals surface area contributed by atoms with Gasteiger partial charge in [0.05, 0.1) is 28.0 Å². The Hall–Kier alpha value is -3.35. The molecule has 7 heteroatoms. The van der Waals surface area contributed by atoms with Crippen molar-refractivity contribution in [1.29, 1.82) is 0 Å².